The molecule has 1 aromatic carbocycles. The molecule has 0 aliphatic carbocycles. The lowest BCUT2D eigenvalue weighted by Gasteiger charge is -2.02. The van der Waals surface area contributed by atoms with Gasteiger partial charge in [-0.1, -0.05) is 30.3 Å². The van der Waals surface area contributed by atoms with Gasteiger partial charge in [0.1, 0.15) is 0 Å². The molecule has 17 heavy (non-hydrogen) atoms. The van der Waals surface area contributed by atoms with Gasteiger partial charge in [-0.05, 0) is 12.0 Å². The Labute approximate surface area is 99.5 Å². The zero-order chi connectivity index (χ0) is 12.1. The fourth-order valence-corrected chi connectivity index (χ4v) is 1.51. The molecular weight excluding hydrogens is 216 g/mol. The SMILES string of the molecule is Cn1ncc(C(=O)NCCc2ccccc2)n1. The van der Waals surface area contributed by atoms with Gasteiger partial charge in [0.15, 0.2) is 5.69 Å². The summed E-state index contributed by atoms with van der Waals surface area (Å²) in [4.78, 5) is 13.0. The Balaban J connectivity index is 1.81. The molecule has 1 amide bonds. The van der Waals surface area contributed by atoms with Gasteiger partial charge in [-0.3, -0.25) is 4.79 Å². The Morgan fingerprint density at radius 2 is 2.12 bits per heavy atom. The lowest BCUT2D eigenvalue weighted by atomic mass is 10.1. The van der Waals surface area contributed by atoms with E-state index in [0.29, 0.717) is 12.2 Å². The minimum absolute atomic E-state index is 0.186. The number of hydrogen-bond donors (Lipinski definition) is 1. The predicted octanol–water partition coefficient (Wildman–Crippen LogP) is 0.788. The lowest BCUT2D eigenvalue weighted by molar-refractivity contribution is 0.0948. The number of nitrogens with zero attached hydrogens (tertiary/aromatic N) is 3. The van der Waals surface area contributed by atoms with E-state index in [2.05, 4.69) is 15.5 Å². The van der Waals surface area contributed by atoms with Crippen molar-refractivity contribution in [1.29, 1.82) is 0 Å². The Bertz CT molecular complexity index is 492. The van der Waals surface area contributed by atoms with Gasteiger partial charge >= 0.3 is 0 Å². The molecule has 1 N–H and O–H groups in total. The van der Waals surface area contributed by atoms with Crippen molar-refractivity contribution >= 4 is 5.91 Å². The van der Waals surface area contributed by atoms with Crippen LogP contribution >= 0.6 is 0 Å². The summed E-state index contributed by atoms with van der Waals surface area (Å²) in [6.45, 7) is 0.597. The Morgan fingerprint density at radius 3 is 2.76 bits per heavy atom. The highest BCUT2D eigenvalue weighted by atomic mass is 16.2. The van der Waals surface area contributed by atoms with Crippen LogP contribution in [0.15, 0.2) is 36.5 Å². The maximum atomic E-state index is 11.6. The average Bonchev–Trinajstić information content (AvgIpc) is 2.77. The van der Waals surface area contributed by atoms with E-state index < -0.39 is 0 Å². The first-order valence-electron chi connectivity index (χ1n) is 5.44. The van der Waals surface area contributed by atoms with Crippen LogP contribution in [0.3, 0.4) is 0 Å². The minimum atomic E-state index is -0.186. The molecule has 5 heteroatoms. The molecular formula is C12H14N4O. The number of rotatable bonds is 4. The lowest BCUT2D eigenvalue weighted by Crippen LogP contribution is -2.26. The third kappa shape index (κ3) is 3.14. The highest BCUT2D eigenvalue weighted by Gasteiger charge is 2.08. The van der Waals surface area contributed by atoms with E-state index in [-0.39, 0.29) is 5.91 Å². The molecule has 0 saturated heterocycles. The predicted molar refractivity (Wildman–Crippen MR) is 63.5 cm³/mol. The van der Waals surface area contributed by atoms with Crippen LogP contribution < -0.4 is 5.32 Å². The van der Waals surface area contributed by atoms with Crippen LogP contribution in [0.25, 0.3) is 0 Å². The van der Waals surface area contributed by atoms with Crippen molar-refractivity contribution < 1.29 is 4.79 Å². The molecule has 5 nitrogen and oxygen atoms in total. The first kappa shape index (κ1) is 11.3. The Kier molecular flexibility index (Phi) is 3.49. The summed E-state index contributed by atoms with van der Waals surface area (Å²) in [6.07, 6.45) is 2.27. The van der Waals surface area contributed by atoms with Crippen LogP contribution in [-0.4, -0.2) is 27.4 Å². The van der Waals surface area contributed by atoms with E-state index in [1.807, 2.05) is 30.3 Å². The zero-order valence-corrected chi connectivity index (χ0v) is 9.63. The van der Waals surface area contributed by atoms with Crippen LogP contribution in [0.2, 0.25) is 0 Å². The maximum Gasteiger partial charge on any atom is 0.273 e. The van der Waals surface area contributed by atoms with Crippen molar-refractivity contribution in [2.24, 2.45) is 7.05 Å². The van der Waals surface area contributed by atoms with Crippen molar-refractivity contribution in [3.05, 3.63) is 47.8 Å². The third-order valence-corrected chi connectivity index (χ3v) is 2.37. The van der Waals surface area contributed by atoms with Crippen molar-refractivity contribution in [3.63, 3.8) is 0 Å². The highest BCUT2D eigenvalue weighted by molar-refractivity contribution is 5.91. The summed E-state index contributed by atoms with van der Waals surface area (Å²) in [5.74, 6) is -0.186. The summed E-state index contributed by atoms with van der Waals surface area (Å²) >= 11 is 0. The molecule has 0 aliphatic heterocycles. The summed E-state index contributed by atoms with van der Waals surface area (Å²) in [5, 5.41) is 10.6. The van der Waals surface area contributed by atoms with Gasteiger partial charge in [0, 0.05) is 13.6 Å². The van der Waals surface area contributed by atoms with Gasteiger partial charge in [-0.2, -0.15) is 9.90 Å². The summed E-state index contributed by atoms with van der Waals surface area (Å²) in [7, 11) is 1.68. The largest absolute Gasteiger partial charge is 0.350 e. The molecule has 0 fully saturated rings. The molecule has 0 saturated carbocycles. The topological polar surface area (TPSA) is 59.8 Å². The van der Waals surface area contributed by atoms with Gasteiger partial charge in [0.05, 0.1) is 6.20 Å². The molecule has 0 aliphatic rings. The second kappa shape index (κ2) is 5.25. The molecule has 2 rings (SSSR count). The Hall–Kier alpha value is -2.17. The van der Waals surface area contributed by atoms with E-state index in [1.54, 1.807) is 7.05 Å². The molecule has 88 valence electrons. The number of amides is 1. The molecule has 0 radical (unpaired) electrons. The van der Waals surface area contributed by atoms with Crippen molar-refractivity contribution in [1.82, 2.24) is 20.3 Å². The molecule has 0 atom stereocenters. The van der Waals surface area contributed by atoms with Crippen LogP contribution in [0, 0.1) is 0 Å². The van der Waals surface area contributed by atoms with E-state index in [1.165, 1.54) is 16.6 Å². The Morgan fingerprint density at radius 1 is 1.35 bits per heavy atom. The fraction of sp³-hybridized carbons (Fsp3) is 0.250. The number of aryl methyl sites for hydroxylation is 1. The highest BCUT2D eigenvalue weighted by Crippen LogP contribution is 1.98. The van der Waals surface area contributed by atoms with Crippen molar-refractivity contribution in [2.75, 3.05) is 6.54 Å². The van der Waals surface area contributed by atoms with E-state index in [0.717, 1.165) is 6.42 Å². The van der Waals surface area contributed by atoms with Crippen LogP contribution in [-0.2, 0) is 13.5 Å². The summed E-state index contributed by atoms with van der Waals surface area (Å²) in [5.41, 5.74) is 1.55. The zero-order valence-electron chi connectivity index (χ0n) is 9.63. The molecule has 1 heterocycles. The quantitative estimate of drug-likeness (QED) is 0.844. The molecule has 0 unspecified atom stereocenters. The van der Waals surface area contributed by atoms with Crippen LogP contribution in [0.4, 0.5) is 0 Å². The van der Waals surface area contributed by atoms with Gasteiger partial charge in [0.2, 0.25) is 0 Å². The molecule has 0 spiro atoms. The number of aromatic nitrogens is 3. The smallest absolute Gasteiger partial charge is 0.273 e. The van der Waals surface area contributed by atoms with Gasteiger partial charge < -0.3 is 5.32 Å². The molecule has 1 aromatic heterocycles. The van der Waals surface area contributed by atoms with Crippen LogP contribution in [0.1, 0.15) is 16.1 Å². The standard InChI is InChI=1S/C12H14N4O/c1-16-14-9-11(15-16)12(17)13-8-7-10-5-3-2-4-6-10/h2-6,9H,7-8H2,1H3,(H,13,17). The number of hydrogen-bond acceptors (Lipinski definition) is 3. The van der Waals surface area contributed by atoms with Crippen LogP contribution in [0.5, 0.6) is 0 Å². The van der Waals surface area contributed by atoms with E-state index >= 15 is 0 Å². The minimum Gasteiger partial charge on any atom is -0.350 e. The molecule has 2 aromatic rings. The van der Waals surface area contributed by atoms with Crippen molar-refractivity contribution in [2.45, 2.75) is 6.42 Å². The van der Waals surface area contributed by atoms with E-state index in [4.69, 9.17) is 0 Å². The first-order chi connectivity index (χ1) is 8.25. The maximum absolute atomic E-state index is 11.6. The summed E-state index contributed by atoms with van der Waals surface area (Å²) in [6, 6.07) is 10.0. The normalized spacial score (nSPS) is 10.2. The monoisotopic (exact) mass is 230 g/mol. The van der Waals surface area contributed by atoms with E-state index in [9.17, 15) is 4.79 Å². The van der Waals surface area contributed by atoms with Crippen molar-refractivity contribution in [3.8, 4) is 0 Å². The van der Waals surface area contributed by atoms with Gasteiger partial charge in [-0.25, -0.2) is 0 Å². The second-order valence-electron chi connectivity index (χ2n) is 3.71. The number of benzene rings is 1. The number of nitrogens with one attached hydrogen (secondary N) is 1. The third-order valence-electron chi connectivity index (χ3n) is 2.37. The average molecular weight is 230 g/mol. The summed E-state index contributed by atoms with van der Waals surface area (Å²) < 4.78 is 0. The van der Waals surface area contributed by atoms with Gasteiger partial charge in [-0.15, -0.1) is 5.10 Å². The number of carbonyl (C=O) groups excluding carboxylic acids is 1. The second-order valence-corrected chi connectivity index (χ2v) is 3.71. The molecule has 0 bridgehead atoms. The first-order valence-corrected chi connectivity index (χ1v) is 5.44. The van der Waals surface area contributed by atoms with Gasteiger partial charge in [0.25, 0.3) is 5.91 Å². The number of carbonyl (C=O) groups is 1. The fourth-order valence-electron chi connectivity index (χ4n) is 1.51.